The van der Waals surface area contributed by atoms with Crippen LogP contribution in [-0.4, -0.2) is 53.0 Å². The highest BCUT2D eigenvalue weighted by atomic mass is 32.1. The molecular formula is C22H27N5O3S. The average Bonchev–Trinajstić information content (AvgIpc) is 3.36. The van der Waals surface area contributed by atoms with Crippen molar-refractivity contribution in [3.8, 4) is 10.6 Å². The first-order chi connectivity index (χ1) is 14.9. The van der Waals surface area contributed by atoms with Gasteiger partial charge in [-0.2, -0.15) is 0 Å². The number of nitrogens with one attached hydrogen (secondary N) is 1. The quantitative estimate of drug-likeness (QED) is 0.545. The van der Waals surface area contributed by atoms with Gasteiger partial charge in [-0.25, -0.2) is 4.98 Å². The zero-order valence-corrected chi connectivity index (χ0v) is 18.6. The van der Waals surface area contributed by atoms with Gasteiger partial charge in [0.15, 0.2) is 0 Å². The summed E-state index contributed by atoms with van der Waals surface area (Å²) in [6.07, 6.45) is 2.64. The molecule has 0 radical (unpaired) electrons. The molecule has 0 aromatic carbocycles. The van der Waals surface area contributed by atoms with E-state index >= 15 is 0 Å². The van der Waals surface area contributed by atoms with Crippen LogP contribution in [0.1, 0.15) is 40.2 Å². The highest BCUT2D eigenvalue weighted by Crippen LogP contribution is 2.31. The minimum absolute atomic E-state index is 0.0654. The van der Waals surface area contributed by atoms with Crippen molar-refractivity contribution in [2.45, 2.75) is 33.1 Å². The summed E-state index contributed by atoms with van der Waals surface area (Å²) in [6, 6.07) is 5.84. The van der Waals surface area contributed by atoms with Crippen molar-refractivity contribution in [2.24, 2.45) is 11.7 Å². The van der Waals surface area contributed by atoms with Crippen molar-refractivity contribution in [2.75, 3.05) is 26.2 Å². The molecule has 1 saturated heterocycles. The van der Waals surface area contributed by atoms with Crippen LogP contribution in [0.15, 0.2) is 22.7 Å². The van der Waals surface area contributed by atoms with E-state index in [1.807, 2.05) is 32.0 Å². The summed E-state index contributed by atoms with van der Waals surface area (Å²) in [5, 5.41) is 7.66. The van der Waals surface area contributed by atoms with Crippen LogP contribution in [0.4, 0.5) is 0 Å². The molecule has 0 spiro atoms. The molecular weight excluding hydrogens is 414 g/mol. The molecule has 1 atom stereocenters. The Labute approximate surface area is 184 Å². The molecule has 2 amide bonds. The third kappa shape index (κ3) is 4.77. The van der Waals surface area contributed by atoms with Crippen LogP contribution >= 0.6 is 11.3 Å². The molecule has 8 nitrogen and oxygen atoms in total. The van der Waals surface area contributed by atoms with Gasteiger partial charge >= 0.3 is 0 Å². The number of nitrogens with two attached hydrogens (primary N) is 1. The number of thiophene rings is 1. The van der Waals surface area contributed by atoms with E-state index in [-0.39, 0.29) is 17.7 Å². The number of amides is 2. The molecule has 164 valence electrons. The van der Waals surface area contributed by atoms with Crippen LogP contribution in [0.3, 0.4) is 0 Å². The SMILES string of the molecule is Cc1ccc(-c2cc(C(=O)NCCCN3CCCC(C(N)=O)C3)c3c(C)noc3n2)s1. The number of primary amides is 1. The maximum atomic E-state index is 13.0. The smallest absolute Gasteiger partial charge is 0.259 e. The number of aromatic nitrogens is 2. The van der Waals surface area contributed by atoms with Gasteiger partial charge in [0.25, 0.3) is 11.6 Å². The second-order valence-electron chi connectivity index (χ2n) is 8.07. The van der Waals surface area contributed by atoms with E-state index < -0.39 is 0 Å². The number of fused-ring (bicyclic) bond motifs is 1. The molecule has 31 heavy (non-hydrogen) atoms. The number of hydrogen-bond donors (Lipinski definition) is 2. The fourth-order valence-corrected chi connectivity index (χ4v) is 4.89. The van der Waals surface area contributed by atoms with E-state index in [1.165, 1.54) is 4.88 Å². The molecule has 1 aliphatic rings. The Bertz CT molecular complexity index is 1110. The largest absolute Gasteiger partial charge is 0.369 e. The minimum Gasteiger partial charge on any atom is -0.369 e. The van der Waals surface area contributed by atoms with Crippen LogP contribution in [0.25, 0.3) is 21.7 Å². The van der Waals surface area contributed by atoms with Gasteiger partial charge in [0.05, 0.1) is 33.1 Å². The van der Waals surface area contributed by atoms with Gasteiger partial charge < -0.3 is 20.5 Å². The molecule has 9 heteroatoms. The fraction of sp³-hybridized carbons (Fsp3) is 0.455. The van der Waals surface area contributed by atoms with E-state index in [0.717, 1.165) is 37.2 Å². The van der Waals surface area contributed by atoms with Gasteiger partial charge in [0, 0.05) is 18.0 Å². The van der Waals surface area contributed by atoms with Crippen LogP contribution in [0.5, 0.6) is 0 Å². The lowest BCUT2D eigenvalue weighted by atomic mass is 9.97. The summed E-state index contributed by atoms with van der Waals surface area (Å²) < 4.78 is 5.36. The molecule has 3 aromatic heterocycles. The lowest BCUT2D eigenvalue weighted by molar-refractivity contribution is -0.123. The first kappa shape index (κ1) is 21.5. The Morgan fingerprint density at radius 3 is 2.94 bits per heavy atom. The van der Waals surface area contributed by atoms with Crippen molar-refractivity contribution in [1.82, 2.24) is 20.4 Å². The lowest BCUT2D eigenvalue weighted by Crippen LogP contribution is -2.42. The number of likely N-dealkylation sites (tertiary alicyclic amines) is 1. The number of carbonyl (C=O) groups is 2. The van der Waals surface area contributed by atoms with Gasteiger partial charge in [0.1, 0.15) is 0 Å². The molecule has 1 aliphatic heterocycles. The van der Waals surface area contributed by atoms with E-state index in [4.69, 9.17) is 10.3 Å². The second kappa shape index (κ2) is 9.15. The van der Waals surface area contributed by atoms with Crippen molar-refractivity contribution in [3.63, 3.8) is 0 Å². The number of hydrogen-bond acceptors (Lipinski definition) is 7. The van der Waals surface area contributed by atoms with Crippen molar-refractivity contribution >= 4 is 34.3 Å². The Hall–Kier alpha value is -2.78. The Balaban J connectivity index is 1.42. The summed E-state index contributed by atoms with van der Waals surface area (Å²) in [7, 11) is 0. The van der Waals surface area contributed by atoms with E-state index in [2.05, 4.69) is 20.4 Å². The first-order valence-electron chi connectivity index (χ1n) is 10.6. The zero-order chi connectivity index (χ0) is 22.0. The number of aryl methyl sites for hydroxylation is 2. The van der Waals surface area contributed by atoms with Gasteiger partial charge in [-0.1, -0.05) is 5.16 Å². The van der Waals surface area contributed by atoms with Crippen LogP contribution in [-0.2, 0) is 4.79 Å². The van der Waals surface area contributed by atoms with Gasteiger partial charge in [0.2, 0.25) is 5.91 Å². The predicted molar refractivity (Wildman–Crippen MR) is 120 cm³/mol. The molecule has 3 aromatic rings. The molecule has 0 aliphatic carbocycles. The maximum absolute atomic E-state index is 13.0. The fourth-order valence-electron chi connectivity index (χ4n) is 4.06. The Morgan fingerprint density at radius 1 is 1.35 bits per heavy atom. The highest BCUT2D eigenvalue weighted by molar-refractivity contribution is 7.15. The number of nitrogens with zero attached hydrogens (tertiary/aromatic N) is 3. The Kier molecular flexibility index (Phi) is 6.33. The first-order valence-corrected chi connectivity index (χ1v) is 11.4. The summed E-state index contributed by atoms with van der Waals surface area (Å²) >= 11 is 1.62. The van der Waals surface area contributed by atoms with Crippen LogP contribution in [0.2, 0.25) is 0 Å². The lowest BCUT2D eigenvalue weighted by Gasteiger charge is -2.31. The molecule has 4 rings (SSSR count). The Morgan fingerprint density at radius 2 is 2.19 bits per heavy atom. The van der Waals surface area contributed by atoms with Crippen molar-refractivity contribution in [1.29, 1.82) is 0 Å². The van der Waals surface area contributed by atoms with E-state index in [9.17, 15) is 9.59 Å². The maximum Gasteiger partial charge on any atom is 0.259 e. The zero-order valence-electron chi connectivity index (χ0n) is 17.8. The molecule has 1 fully saturated rings. The summed E-state index contributed by atoms with van der Waals surface area (Å²) in [5.41, 5.74) is 7.70. The molecule has 3 N–H and O–H groups in total. The van der Waals surface area contributed by atoms with Gasteiger partial charge in [-0.3, -0.25) is 9.59 Å². The number of carbonyl (C=O) groups excluding carboxylic acids is 2. The monoisotopic (exact) mass is 441 g/mol. The number of piperidine rings is 1. The van der Waals surface area contributed by atoms with Crippen LogP contribution in [0, 0.1) is 19.8 Å². The molecule has 0 bridgehead atoms. The van der Waals surface area contributed by atoms with Crippen LogP contribution < -0.4 is 11.1 Å². The standard InChI is InChI=1S/C22H27N5O3S/c1-13-6-7-18(31-13)17-11-16(19-14(2)26-30-22(19)25-17)21(29)24-8-4-10-27-9-3-5-15(12-27)20(23)28/h6-7,11,15H,3-5,8-10,12H2,1-2H3,(H2,23,28)(H,24,29). The van der Waals surface area contributed by atoms with Gasteiger partial charge in [-0.15, -0.1) is 11.3 Å². The summed E-state index contributed by atoms with van der Waals surface area (Å²) in [4.78, 5) is 33.4. The van der Waals surface area contributed by atoms with E-state index in [0.29, 0.717) is 41.1 Å². The predicted octanol–water partition coefficient (Wildman–Crippen LogP) is 2.89. The third-order valence-electron chi connectivity index (χ3n) is 5.70. The number of pyridine rings is 1. The highest BCUT2D eigenvalue weighted by Gasteiger charge is 2.24. The molecule has 4 heterocycles. The molecule has 1 unspecified atom stereocenters. The number of rotatable bonds is 7. The van der Waals surface area contributed by atoms with E-state index in [1.54, 1.807) is 11.3 Å². The summed E-state index contributed by atoms with van der Waals surface area (Å²) in [5.74, 6) is -0.452. The normalized spacial score (nSPS) is 17.2. The minimum atomic E-state index is -0.222. The summed E-state index contributed by atoms with van der Waals surface area (Å²) in [6.45, 7) is 6.88. The third-order valence-corrected chi connectivity index (χ3v) is 6.72. The molecule has 0 saturated carbocycles. The van der Waals surface area contributed by atoms with Gasteiger partial charge in [-0.05, 0) is 64.4 Å². The van der Waals surface area contributed by atoms with Crippen molar-refractivity contribution in [3.05, 3.63) is 34.3 Å². The average molecular weight is 442 g/mol. The second-order valence-corrected chi connectivity index (χ2v) is 9.35. The van der Waals surface area contributed by atoms with Crippen molar-refractivity contribution < 1.29 is 14.1 Å². The topological polar surface area (TPSA) is 114 Å².